The number of nitrogens with one attached hydrogen (secondary N) is 1. The van der Waals surface area contributed by atoms with Crippen LogP contribution in [0.1, 0.15) is 59.3 Å². The van der Waals surface area contributed by atoms with Crippen molar-refractivity contribution >= 4 is 0 Å². The Bertz CT molecular complexity index is 202. The molecule has 5 atom stereocenters. The molecule has 2 rings (SSSR count). The van der Waals surface area contributed by atoms with E-state index in [1.807, 2.05) is 0 Å². The van der Waals surface area contributed by atoms with Gasteiger partial charge < -0.3 is 5.32 Å². The van der Waals surface area contributed by atoms with Gasteiger partial charge >= 0.3 is 0 Å². The molecule has 2 fully saturated rings. The average molecular weight is 209 g/mol. The van der Waals surface area contributed by atoms with E-state index in [9.17, 15) is 0 Å². The SMILES string of the molecule is CCCC1CC1NC1CCC(C)CC1C. The summed E-state index contributed by atoms with van der Waals surface area (Å²) in [6, 6.07) is 1.71. The molecule has 0 heterocycles. The quantitative estimate of drug-likeness (QED) is 0.746. The highest BCUT2D eigenvalue weighted by Crippen LogP contribution is 2.37. The topological polar surface area (TPSA) is 12.0 Å². The normalized spacial score (nSPS) is 45.4. The Morgan fingerprint density at radius 2 is 1.87 bits per heavy atom. The van der Waals surface area contributed by atoms with Crippen molar-refractivity contribution in [2.45, 2.75) is 71.4 Å². The molecule has 0 amide bonds. The zero-order valence-corrected chi connectivity index (χ0v) is 10.6. The van der Waals surface area contributed by atoms with Crippen molar-refractivity contribution in [1.82, 2.24) is 5.32 Å². The lowest BCUT2D eigenvalue weighted by Gasteiger charge is -2.33. The van der Waals surface area contributed by atoms with Crippen LogP contribution in [0.4, 0.5) is 0 Å². The molecule has 0 spiro atoms. The standard InChI is InChI=1S/C14H27N/c1-4-5-12-9-14(12)15-13-7-6-10(2)8-11(13)3/h10-15H,4-9H2,1-3H3. The Morgan fingerprint density at radius 1 is 1.07 bits per heavy atom. The second-order valence-corrected chi connectivity index (χ2v) is 6.06. The minimum absolute atomic E-state index is 0.827. The lowest BCUT2D eigenvalue weighted by atomic mass is 9.80. The van der Waals surface area contributed by atoms with Crippen molar-refractivity contribution in [2.24, 2.45) is 17.8 Å². The molecule has 1 nitrogen and oxygen atoms in total. The van der Waals surface area contributed by atoms with Gasteiger partial charge in [-0.3, -0.25) is 0 Å². The molecule has 2 aliphatic carbocycles. The van der Waals surface area contributed by atoms with Gasteiger partial charge in [-0.15, -0.1) is 0 Å². The van der Waals surface area contributed by atoms with Gasteiger partial charge in [0.1, 0.15) is 0 Å². The molecule has 88 valence electrons. The average Bonchev–Trinajstić information content (AvgIpc) is 2.90. The monoisotopic (exact) mass is 209 g/mol. The van der Waals surface area contributed by atoms with E-state index in [1.54, 1.807) is 0 Å². The molecule has 0 radical (unpaired) electrons. The van der Waals surface area contributed by atoms with Crippen molar-refractivity contribution in [1.29, 1.82) is 0 Å². The van der Waals surface area contributed by atoms with Gasteiger partial charge in [0.15, 0.2) is 0 Å². The van der Waals surface area contributed by atoms with Crippen LogP contribution >= 0.6 is 0 Å². The summed E-state index contributed by atoms with van der Waals surface area (Å²) in [5.74, 6) is 2.88. The van der Waals surface area contributed by atoms with Gasteiger partial charge in [0.2, 0.25) is 0 Å². The number of hydrogen-bond donors (Lipinski definition) is 1. The highest BCUT2D eigenvalue weighted by atomic mass is 15.0. The molecule has 1 heteroatoms. The lowest BCUT2D eigenvalue weighted by molar-refractivity contribution is 0.224. The van der Waals surface area contributed by atoms with E-state index in [2.05, 4.69) is 26.1 Å². The molecule has 1 N–H and O–H groups in total. The summed E-state index contributed by atoms with van der Waals surface area (Å²) in [5.41, 5.74) is 0. The van der Waals surface area contributed by atoms with Crippen LogP contribution in [0.5, 0.6) is 0 Å². The molecule has 0 aromatic carbocycles. The highest BCUT2D eigenvalue weighted by molar-refractivity contribution is 4.96. The minimum atomic E-state index is 0.827. The summed E-state index contributed by atoms with van der Waals surface area (Å²) in [4.78, 5) is 0. The third kappa shape index (κ3) is 2.96. The van der Waals surface area contributed by atoms with Crippen molar-refractivity contribution in [3.8, 4) is 0 Å². The zero-order chi connectivity index (χ0) is 10.8. The Hall–Kier alpha value is -0.0400. The van der Waals surface area contributed by atoms with E-state index in [4.69, 9.17) is 0 Å². The Labute approximate surface area is 95.0 Å². The summed E-state index contributed by atoms with van der Waals surface area (Å²) < 4.78 is 0. The molecule has 0 saturated heterocycles. The summed E-state index contributed by atoms with van der Waals surface area (Å²) in [6.45, 7) is 7.15. The van der Waals surface area contributed by atoms with Crippen LogP contribution in [0.2, 0.25) is 0 Å². The van der Waals surface area contributed by atoms with Gasteiger partial charge in [-0.2, -0.15) is 0 Å². The van der Waals surface area contributed by atoms with Crippen LogP contribution in [0.25, 0.3) is 0 Å². The summed E-state index contributed by atoms with van der Waals surface area (Å²) in [5, 5.41) is 3.90. The summed E-state index contributed by atoms with van der Waals surface area (Å²) in [7, 11) is 0. The second-order valence-electron chi connectivity index (χ2n) is 6.06. The maximum absolute atomic E-state index is 3.90. The van der Waals surface area contributed by atoms with E-state index in [0.717, 1.165) is 29.8 Å². The molecular formula is C14H27N. The van der Waals surface area contributed by atoms with Crippen LogP contribution in [0, 0.1) is 17.8 Å². The molecule has 2 aliphatic rings. The van der Waals surface area contributed by atoms with Crippen molar-refractivity contribution < 1.29 is 0 Å². The Morgan fingerprint density at radius 3 is 2.53 bits per heavy atom. The zero-order valence-electron chi connectivity index (χ0n) is 10.6. The lowest BCUT2D eigenvalue weighted by Crippen LogP contribution is -2.40. The van der Waals surface area contributed by atoms with E-state index in [-0.39, 0.29) is 0 Å². The van der Waals surface area contributed by atoms with E-state index in [0.29, 0.717) is 0 Å². The first-order valence-electron chi connectivity index (χ1n) is 6.96. The molecule has 0 bridgehead atoms. The van der Waals surface area contributed by atoms with Crippen molar-refractivity contribution in [2.75, 3.05) is 0 Å². The van der Waals surface area contributed by atoms with Crippen molar-refractivity contribution in [3.05, 3.63) is 0 Å². The van der Waals surface area contributed by atoms with E-state index < -0.39 is 0 Å². The Kier molecular flexibility index (Phi) is 3.71. The van der Waals surface area contributed by atoms with Gasteiger partial charge in [-0.25, -0.2) is 0 Å². The largest absolute Gasteiger partial charge is 0.311 e. The second kappa shape index (κ2) is 4.86. The number of hydrogen-bond acceptors (Lipinski definition) is 1. The van der Waals surface area contributed by atoms with E-state index in [1.165, 1.54) is 38.5 Å². The van der Waals surface area contributed by atoms with E-state index >= 15 is 0 Å². The fourth-order valence-corrected chi connectivity index (χ4v) is 3.33. The maximum atomic E-state index is 3.90. The predicted octanol–water partition coefficient (Wildman–Crippen LogP) is 3.59. The predicted molar refractivity (Wildman–Crippen MR) is 65.9 cm³/mol. The van der Waals surface area contributed by atoms with Gasteiger partial charge in [0.05, 0.1) is 0 Å². The van der Waals surface area contributed by atoms with Crippen LogP contribution in [-0.4, -0.2) is 12.1 Å². The van der Waals surface area contributed by atoms with Crippen LogP contribution in [-0.2, 0) is 0 Å². The van der Waals surface area contributed by atoms with Gasteiger partial charge in [-0.1, -0.05) is 27.2 Å². The molecule has 0 aromatic heterocycles. The molecule has 15 heavy (non-hydrogen) atoms. The summed E-state index contributed by atoms with van der Waals surface area (Å²) in [6.07, 6.45) is 8.54. The third-order valence-electron chi connectivity index (χ3n) is 4.44. The van der Waals surface area contributed by atoms with Gasteiger partial charge in [-0.05, 0) is 49.9 Å². The first kappa shape index (κ1) is 11.4. The first-order chi connectivity index (χ1) is 7.20. The minimum Gasteiger partial charge on any atom is -0.311 e. The van der Waals surface area contributed by atoms with Crippen molar-refractivity contribution in [3.63, 3.8) is 0 Å². The molecule has 0 aliphatic heterocycles. The maximum Gasteiger partial charge on any atom is 0.0102 e. The Balaban J connectivity index is 1.71. The van der Waals surface area contributed by atoms with Gasteiger partial charge in [0.25, 0.3) is 0 Å². The molecule has 5 unspecified atom stereocenters. The first-order valence-corrected chi connectivity index (χ1v) is 6.96. The third-order valence-corrected chi connectivity index (χ3v) is 4.44. The van der Waals surface area contributed by atoms with Gasteiger partial charge in [0, 0.05) is 12.1 Å². The molecule has 2 saturated carbocycles. The molecular weight excluding hydrogens is 182 g/mol. The fourth-order valence-electron chi connectivity index (χ4n) is 3.33. The summed E-state index contributed by atoms with van der Waals surface area (Å²) >= 11 is 0. The van der Waals surface area contributed by atoms with Crippen LogP contribution < -0.4 is 5.32 Å². The fraction of sp³-hybridized carbons (Fsp3) is 1.00. The van der Waals surface area contributed by atoms with Crippen LogP contribution in [0.3, 0.4) is 0 Å². The molecule has 0 aromatic rings. The highest BCUT2D eigenvalue weighted by Gasteiger charge is 2.38. The smallest absolute Gasteiger partial charge is 0.0102 e. The van der Waals surface area contributed by atoms with Crippen LogP contribution in [0.15, 0.2) is 0 Å². The number of rotatable bonds is 4.